The number of benzene rings is 3. The predicted molar refractivity (Wildman–Crippen MR) is 151 cm³/mol. The molecule has 192 valence electrons. The van der Waals surface area contributed by atoms with Crippen LogP contribution in [0.1, 0.15) is 61.8 Å². The van der Waals surface area contributed by atoms with Crippen molar-refractivity contribution >= 4 is 33.5 Å². The van der Waals surface area contributed by atoms with Crippen LogP contribution < -0.4 is 5.43 Å². The average molecular weight is 570 g/mol. The topological polar surface area (TPSA) is 74.9 Å². The van der Waals surface area contributed by atoms with Crippen LogP contribution >= 0.6 is 15.9 Å². The smallest absolute Gasteiger partial charge is 0.290 e. The zero-order chi connectivity index (χ0) is 26.5. The van der Waals surface area contributed by atoms with Gasteiger partial charge in [0.1, 0.15) is 5.76 Å². The molecule has 1 aromatic heterocycles. The fraction of sp³-hybridized carbons (Fsp3) is 0.194. The molecule has 5 rings (SSSR count). The number of rotatable bonds is 7. The van der Waals surface area contributed by atoms with Crippen LogP contribution in [-0.2, 0) is 19.5 Å². The van der Waals surface area contributed by atoms with Gasteiger partial charge in [0.2, 0.25) is 0 Å². The van der Waals surface area contributed by atoms with Crippen molar-refractivity contribution in [3.63, 3.8) is 0 Å². The van der Waals surface area contributed by atoms with Crippen LogP contribution in [0.25, 0.3) is 0 Å². The van der Waals surface area contributed by atoms with Crippen molar-refractivity contribution in [3.8, 4) is 0 Å². The molecule has 1 aliphatic carbocycles. The molecule has 7 heteroatoms. The summed E-state index contributed by atoms with van der Waals surface area (Å²) in [4.78, 5) is 28.3. The van der Waals surface area contributed by atoms with Crippen LogP contribution in [0.3, 0.4) is 0 Å². The third-order valence-corrected chi connectivity index (χ3v) is 7.17. The molecule has 2 amide bonds. The minimum absolute atomic E-state index is 0.164. The number of hydrogen-bond donors (Lipinski definition) is 1. The quantitative estimate of drug-likeness (QED) is 0.253. The van der Waals surface area contributed by atoms with Gasteiger partial charge in [-0.25, -0.2) is 5.43 Å². The molecule has 4 aromatic rings. The average Bonchev–Trinajstić information content (AvgIpc) is 3.29. The fourth-order valence-corrected chi connectivity index (χ4v) is 4.98. The summed E-state index contributed by atoms with van der Waals surface area (Å²) >= 11 is 3.38. The Balaban J connectivity index is 1.42. The summed E-state index contributed by atoms with van der Waals surface area (Å²) in [5.41, 5.74) is 7.61. The molecule has 0 spiro atoms. The van der Waals surface area contributed by atoms with Crippen LogP contribution in [0, 0.1) is 6.92 Å². The van der Waals surface area contributed by atoms with Crippen molar-refractivity contribution in [2.75, 3.05) is 0 Å². The van der Waals surface area contributed by atoms with Crippen molar-refractivity contribution in [1.29, 1.82) is 0 Å². The number of fused-ring (bicyclic) bond motifs is 1. The second-order valence-corrected chi connectivity index (χ2v) is 10.3. The molecule has 0 atom stereocenters. The molecular formula is C31H28BrN3O3. The molecular weight excluding hydrogens is 542 g/mol. The Hall–Kier alpha value is -3.97. The maximum absolute atomic E-state index is 13.9. The van der Waals surface area contributed by atoms with E-state index in [2.05, 4.69) is 26.5 Å². The lowest BCUT2D eigenvalue weighted by Gasteiger charge is -2.22. The highest BCUT2D eigenvalue weighted by Crippen LogP contribution is 2.31. The first-order chi connectivity index (χ1) is 18.5. The molecule has 1 aliphatic rings. The number of hydrazone groups is 1. The first-order valence-corrected chi connectivity index (χ1v) is 13.4. The van der Waals surface area contributed by atoms with E-state index in [1.807, 2.05) is 84.6 Å². The highest BCUT2D eigenvalue weighted by molar-refractivity contribution is 9.10. The van der Waals surface area contributed by atoms with Crippen molar-refractivity contribution in [3.05, 3.63) is 129 Å². The Morgan fingerprint density at radius 3 is 2.11 bits per heavy atom. The maximum atomic E-state index is 13.9. The number of carbonyl (C=O) groups is 2. The van der Waals surface area contributed by atoms with Gasteiger partial charge < -0.3 is 9.32 Å². The molecule has 0 aliphatic heterocycles. The Labute approximate surface area is 230 Å². The van der Waals surface area contributed by atoms with E-state index in [1.54, 1.807) is 12.1 Å². The number of halogens is 1. The summed E-state index contributed by atoms with van der Waals surface area (Å²) in [6, 6.07) is 27.0. The molecule has 38 heavy (non-hydrogen) atoms. The standard InChI is InChI=1S/C31H28BrN3O3/c1-21-28-26(33-34-30(36)24-15-17-25(32)18-16-24)13-8-14-27(28)38-29(21)31(37)35(19-22-9-4-2-5-10-22)20-23-11-6-3-7-12-23/h2-7,9-12,15-18H,8,13-14,19-20H2,1H3,(H,34,36)/b33-26+. The van der Waals surface area contributed by atoms with Gasteiger partial charge >= 0.3 is 0 Å². The van der Waals surface area contributed by atoms with Crippen molar-refractivity contribution < 1.29 is 14.0 Å². The number of carbonyl (C=O) groups excluding carboxylic acids is 2. The minimum atomic E-state index is -0.286. The van der Waals surface area contributed by atoms with Crippen LogP contribution in [0.5, 0.6) is 0 Å². The van der Waals surface area contributed by atoms with Gasteiger partial charge in [-0.2, -0.15) is 5.10 Å². The van der Waals surface area contributed by atoms with Crippen LogP contribution in [-0.4, -0.2) is 22.4 Å². The summed E-state index contributed by atoms with van der Waals surface area (Å²) in [5.74, 6) is 0.623. The van der Waals surface area contributed by atoms with Gasteiger partial charge in [0.25, 0.3) is 11.8 Å². The first-order valence-electron chi connectivity index (χ1n) is 12.6. The number of nitrogens with one attached hydrogen (secondary N) is 1. The first kappa shape index (κ1) is 25.7. The highest BCUT2D eigenvalue weighted by Gasteiger charge is 2.30. The lowest BCUT2D eigenvalue weighted by atomic mass is 9.93. The third-order valence-electron chi connectivity index (χ3n) is 6.64. The molecule has 0 unspecified atom stereocenters. The monoisotopic (exact) mass is 569 g/mol. The van der Waals surface area contributed by atoms with Gasteiger partial charge in [-0.15, -0.1) is 0 Å². The molecule has 1 N–H and O–H groups in total. The summed E-state index contributed by atoms with van der Waals surface area (Å²) < 4.78 is 7.10. The molecule has 1 heterocycles. The molecule has 0 saturated carbocycles. The van der Waals surface area contributed by atoms with E-state index in [1.165, 1.54) is 0 Å². The SMILES string of the molecule is Cc1c(C(=O)N(Cc2ccccc2)Cc2ccccc2)oc2c1/C(=N/NC(=O)c1ccc(Br)cc1)CCC2. The molecule has 3 aromatic carbocycles. The van der Waals surface area contributed by atoms with E-state index in [0.29, 0.717) is 30.8 Å². The van der Waals surface area contributed by atoms with Gasteiger partial charge in [0, 0.05) is 40.7 Å². The number of amides is 2. The zero-order valence-corrected chi connectivity index (χ0v) is 22.7. The van der Waals surface area contributed by atoms with Gasteiger partial charge in [-0.1, -0.05) is 76.6 Å². The third kappa shape index (κ3) is 5.78. The van der Waals surface area contributed by atoms with E-state index in [0.717, 1.165) is 51.0 Å². The number of furan rings is 1. The lowest BCUT2D eigenvalue weighted by Crippen LogP contribution is -2.30. The predicted octanol–water partition coefficient (Wildman–Crippen LogP) is 6.66. The van der Waals surface area contributed by atoms with Gasteiger partial charge in [-0.05, 0) is 55.2 Å². The van der Waals surface area contributed by atoms with E-state index in [-0.39, 0.29) is 11.8 Å². The van der Waals surface area contributed by atoms with Crippen LogP contribution in [0.2, 0.25) is 0 Å². The molecule has 0 fully saturated rings. The molecule has 0 bridgehead atoms. The molecule has 0 radical (unpaired) electrons. The van der Waals surface area contributed by atoms with Crippen LogP contribution in [0.4, 0.5) is 0 Å². The second kappa shape index (κ2) is 11.6. The minimum Gasteiger partial charge on any atom is -0.455 e. The molecule has 0 saturated heterocycles. The summed E-state index contributed by atoms with van der Waals surface area (Å²) in [6.45, 7) is 2.82. The summed E-state index contributed by atoms with van der Waals surface area (Å²) in [5, 5.41) is 4.46. The molecule has 6 nitrogen and oxygen atoms in total. The van der Waals surface area contributed by atoms with E-state index >= 15 is 0 Å². The van der Waals surface area contributed by atoms with Gasteiger partial charge in [-0.3, -0.25) is 9.59 Å². The second-order valence-electron chi connectivity index (χ2n) is 9.35. The Bertz CT molecular complexity index is 1420. The summed E-state index contributed by atoms with van der Waals surface area (Å²) in [6.07, 6.45) is 2.25. The number of nitrogens with zero attached hydrogens (tertiary/aromatic N) is 2. The fourth-order valence-electron chi connectivity index (χ4n) is 4.72. The van der Waals surface area contributed by atoms with Crippen molar-refractivity contribution in [2.24, 2.45) is 5.10 Å². The van der Waals surface area contributed by atoms with Crippen LogP contribution in [0.15, 0.2) is 98.9 Å². The Kier molecular flexibility index (Phi) is 7.84. The Morgan fingerprint density at radius 2 is 1.50 bits per heavy atom. The van der Waals surface area contributed by atoms with Gasteiger partial charge in [0.15, 0.2) is 5.76 Å². The van der Waals surface area contributed by atoms with E-state index in [4.69, 9.17) is 4.42 Å². The van der Waals surface area contributed by atoms with Crippen molar-refractivity contribution in [1.82, 2.24) is 10.3 Å². The summed E-state index contributed by atoms with van der Waals surface area (Å²) in [7, 11) is 0. The largest absolute Gasteiger partial charge is 0.455 e. The van der Waals surface area contributed by atoms with Gasteiger partial charge in [0.05, 0.1) is 5.71 Å². The maximum Gasteiger partial charge on any atom is 0.290 e. The van der Waals surface area contributed by atoms with E-state index in [9.17, 15) is 9.59 Å². The lowest BCUT2D eigenvalue weighted by molar-refractivity contribution is 0.0694. The highest BCUT2D eigenvalue weighted by atomic mass is 79.9. The van der Waals surface area contributed by atoms with Crippen molar-refractivity contribution in [2.45, 2.75) is 39.3 Å². The Morgan fingerprint density at radius 1 is 0.895 bits per heavy atom. The normalized spacial score (nSPS) is 13.7. The number of aryl methyl sites for hydroxylation is 1. The van der Waals surface area contributed by atoms with E-state index < -0.39 is 0 Å². The zero-order valence-electron chi connectivity index (χ0n) is 21.1. The number of hydrogen-bond acceptors (Lipinski definition) is 4.